The molecule has 0 saturated carbocycles. The predicted octanol–water partition coefficient (Wildman–Crippen LogP) is 7.32. The second-order valence-corrected chi connectivity index (χ2v) is 10.1. The molecule has 0 spiro atoms. The Morgan fingerprint density at radius 2 is 2.03 bits per heavy atom. The van der Waals surface area contributed by atoms with Crippen LogP contribution >= 0.6 is 11.8 Å². The molecule has 2 aromatic rings. The summed E-state index contributed by atoms with van der Waals surface area (Å²) < 4.78 is 10.7. The van der Waals surface area contributed by atoms with Crippen LogP contribution in [-0.2, 0) is 11.2 Å². The van der Waals surface area contributed by atoms with E-state index in [1.807, 2.05) is 12.1 Å². The lowest BCUT2D eigenvalue weighted by atomic mass is 9.84. The van der Waals surface area contributed by atoms with Gasteiger partial charge in [0.15, 0.2) is 0 Å². The van der Waals surface area contributed by atoms with Crippen LogP contribution in [0.5, 0.6) is 5.75 Å². The van der Waals surface area contributed by atoms with Crippen LogP contribution in [0.4, 0.5) is 4.79 Å². The highest BCUT2D eigenvalue weighted by atomic mass is 32.2. The van der Waals surface area contributed by atoms with Crippen molar-refractivity contribution in [1.29, 1.82) is 5.26 Å². The van der Waals surface area contributed by atoms with E-state index < -0.39 is 11.6 Å². The molecule has 36 heavy (non-hydrogen) atoms. The Balaban J connectivity index is 1.60. The summed E-state index contributed by atoms with van der Waals surface area (Å²) in [6, 6.07) is 16.8. The number of carbonyl (C=O) groups is 1. The summed E-state index contributed by atoms with van der Waals surface area (Å²) in [6.07, 6.45) is 11.8. The standard InChI is InChI=1S/C30H34N2O3S/c1-4-17-30(19-20-31,32-29(33)34-3)18-16-25-10-13-28(21-23(25)2)36-27-14-11-26(12-15-27)35-22-24-8-6-5-7-9-24/h4-6,8,10-15,21H,1,7,9,16-19,22H2,2-3H3,(H,32,33). The molecule has 0 fully saturated rings. The third kappa shape index (κ3) is 8.07. The van der Waals surface area contributed by atoms with Crippen LogP contribution in [0, 0.1) is 18.3 Å². The zero-order valence-electron chi connectivity index (χ0n) is 21.1. The van der Waals surface area contributed by atoms with Gasteiger partial charge < -0.3 is 14.8 Å². The second-order valence-electron chi connectivity index (χ2n) is 8.97. The van der Waals surface area contributed by atoms with Crippen LogP contribution in [0.15, 0.2) is 88.7 Å². The normalized spacial score (nSPS) is 14.2. The number of benzene rings is 2. The lowest BCUT2D eigenvalue weighted by molar-refractivity contribution is 0.153. The van der Waals surface area contributed by atoms with Crippen LogP contribution in [0.3, 0.4) is 0 Å². The van der Waals surface area contributed by atoms with Gasteiger partial charge in [0.05, 0.1) is 25.1 Å². The third-order valence-corrected chi connectivity index (χ3v) is 7.27. The number of carbonyl (C=O) groups excluding carboxylic acids is 1. The molecule has 0 aliphatic heterocycles. The predicted molar refractivity (Wildman–Crippen MR) is 145 cm³/mol. The van der Waals surface area contributed by atoms with Gasteiger partial charge in [0.25, 0.3) is 0 Å². The molecule has 1 aliphatic carbocycles. The molecule has 1 N–H and O–H groups in total. The van der Waals surface area contributed by atoms with E-state index in [1.165, 1.54) is 23.8 Å². The Hall–Kier alpha value is -3.43. The summed E-state index contributed by atoms with van der Waals surface area (Å²) in [5, 5.41) is 12.2. The molecule has 5 nitrogen and oxygen atoms in total. The number of alkyl carbamates (subject to hydrolysis) is 1. The van der Waals surface area contributed by atoms with E-state index in [-0.39, 0.29) is 6.42 Å². The highest BCUT2D eigenvalue weighted by Crippen LogP contribution is 2.32. The lowest BCUT2D eigenvalue weighted by Gasteiger charge is -2.31. The molecule has 1 unspecified atom stereocenters. The van der Waals surface area contributed by atoms with Crippen molar-refractivity contribution in [2.24, 2.45) is 0 Å². The van der Waals surface area contributed by atoms with Crippen molar-refractivity contribution in [1.82, 2.24) is 5.32 Å². The molecular formula is C30H34N2O3S. The van der Waals surface area contributed by atoms with Crippen LogP contribution in [0.1, 0.15) is 43.2 Å². The molecule has 1 amide bonds. The van der Waals surface area contributed by atoms with Crippen molar-refractivity contribution < 1.29 is 14.3 Å². The van der Waals surface area contributed by atoms with Crippen molar-refractivity contribution in [3.63, 3.8) is 0 Å². The van der Waals surface area contributed by atoms with E-state index in [0.717, 1.165) is 34.8 Å². The molecule has 1 atom stereocenters. The van der Waals surface area contributed by atoms with Gasteiger partial charge >= 0.3 is 6.09 Å². The summed E-state index contributed by atoms with van der Waals surface area (Å²) in [7, 11) is 1.33. The average molecular weight is 503 g/mol. The van der Waals surface area contributed by atoms with Crippen molar-refractivity contribution >= 4 is 17.9 Å². The summed E-state index contributed by atoms with van der Waals surface area (Å²) in [5.74, 6) is 0.877. The highest BCUT2D eigenvalue weighted by molar-refractivity contribution is 7.99. The number of rotatable bonds is 12. The van der Waals surface area contributed by atoms with Gasteiger partial charge in [0.2, 0.25) is 0 Å². The van der Waals surface area contributed by atoms with Gasteiger partial charge in [0.1, 0.15) is 12.4 Å². The maximum absolute atomic E-state index is 11.9. The van der Waals surface area contributed by atoms with Crippen molar-refractivity contribution in [3.8, 4) is 11.8 Å². The van der Waals surface area contributed by atoms with Gasteiger partial charge in [-0.05, 0) is 92.1 Å². The first-order valence-electron chi connectivity index (χ1n) is 12.2. The zero-order chi connectivity index (χ0) is 25.8. The maximum Gasteiger partial charge on any atom is 0.407 e. The summed E-state index contributed by atoms with van der Waals surface area (Å²) >= 11 is 1.71. The molecule has 0 saturated heterocycles. The van der Waals surface area contributed by atoms with Crippen LogP contribution < -0.4 is 10.1 Å². The van der Waals surface area contributed by atoms with E-state index in [1.54, 1.807) is 17.8 Å². The molecule has 1 aliphatic rings. The summed E-state index contributed by atoms with van der Waals surface area (Å²) in [5.41, 5.74) is 2.99. The van der Waals surface area contributed by atoms with E-state index in [9.17, 15) is 10.1 Å². The lowest BCUT2D eigenvalue weighted by Crippen LogP contribution is -2.48. The van der Waals surface area contributed by atoms with E-state index in [4.69, 9.17) is 9.47 Å². The first-order valence-corrected chi connectivity index (χ1v) is 13.0. The van der Waals surface area contributed by atoms with Crippen molar-refractivity contribution in [3.05, 3.63) is 90.0 Å². The number of amides is 1. The molecule has 0 radical (unpaired) electrons. The van der Waals surface area contributed by atoms with Crippen LogP contribution in [0.25, 0.3) is 0 Å². The van der Waals surface area contributed by atoms with Gasteiger partial charge in [0, 0.05) is 9.79 Å². The minimum Gasteiger partial charge on any atom is -0.489 e. The molecule has 2 aromatic carbocycles. The minimum absolute atomic E-state index is 0.190. The summed E-state index contributed by atoms with van der Waals surface area (Å²) in [4.78, 5) is 14.2. The third-order valence-electron chi connectivity index (χ3n) is 6.28. The quantitative estimate of drug-likeness (QED) is 0.308. The largest absolute Gasteiger partial charge is 0.489 e. The maximum atomic E-state index is 11.9. The van der Waals surface area contributed by atoms with Gasteiger partial charge in [-0.25, -0.2) is 4.79 Å². The number of methoxy groups -OCH3 is 1. The number of nitrogens with zero attached hydrogens (tertiary/aromatic N) is 1. The fraction of sp³-hybridized carbons (Fsp3) is 0.333. The van der Waals surface area contributed by atoms with Crippen LogP contribution in [-0.4, -0.2) is 25.3 Å². The molecule has 0 bridgehead atoms. The summed E-state index contributed by atoms with van der Waals surface area (Å²) in [6.45, 7) is 6.53. The molecule has 0 aromatic heterocycles. The first kappa shape index (κ1) is 27.2. The number of hydrogen-bond donors (Lipinski definition) is 1. The number of nitriles is 1. The Bertz CT molecular complexity index is 1150. The molecule has 188 valence electrons. The Labute approximate surface area is 218 Å². The highest BCUT2D eigenvalue weighted by Gasteiger charge is 2.31. The number of allylic oxidation sites excluding steroid dienone is 3. The van der Waals surface area contributed by atoms with Crippen molar-refractivity contribution in [2.75, 3.05) is 13.7 Å². The first-order chi connectivity index (χ1) is 17.5. The molecule has 3 rings (SSSR count). The van der Waals surface area contributed by atoms with Gasteiger partial charge in [-0.2, -0.15) is 5.26 Å². The van der Waals surface area contributed by atoms with E-state index in [0.29, 0.717) is 19.4 Å². The van der Waals surface area contributed by atoms with Gasteiger partial charge in [-0.15, -0.1) is 6.58 Å². The number of ether oxygens (including phenoxy) is 2. The number of nitrogens with one attached hydrogen (secondary N) is 1. The molecular weight excluding hydrogens is 468 g/mol. The van der Waals surface area contributed by atoms with Gasteiger partial charge in [-0.3, -0.25) is 0 Å². The SMILES string of the molecule is C=CCC(CC#N)(CCc1ccc(Sc2ccc(OCC3=CC=CCC3)cc2)cc1C)NC(=O)OC. The van der Waals surface area contributed by atoms with Crippen molar-refractivity contribution in [2.45, 2.75) is 60.8 Å². The molecule has 6 heteroatoms. The number of aryl methyl sites for hydroxylation is 2. The topological polar surface area (TPSA) is 71.3 Å². The smallest absolute Gasteiger partial charge is 0.407 e. The molecule has 0 heterocycles. The van der Waals surface area contributed by atoms with Crippen LogP contribution in [0.2, 0.25) is 0 Å². The Kier molecular flexibility index (Phi) is 10.3. The van der Waals surface area contributed by atoms with E-state index in [2.05, 4.69) is 73.4 Å². The fourth-order valence-corrected chi connectivity index (χ4v) is 5.11. The fourth-order valence-electron chi connectivity index (χ4n) is 4.19. The second kappa shape index (κ2) is 13.6. The van der Waals surface area contributed by atoms with E-state index >= 15 is 0 Å². The Morgan fingerprint density at radius 3 is 2.67 bits per heavy atom. The number of hydrogen-bond acceptors (Lipinski definition) is 5. The van der Waals surface area contributed by atoms with Gasteiger partial charge in [-0.1, -0.05) is 42.1 Å². The minimum atomic E-state index is -0.697. The average Bonchev–Trinajstić information content (AvgIpc) is 2.88. The zero-order valence-corrected chi connectivity index (χ0v) is 21.9. The monoisotopic (exact) mass is 502 g/mol. The Morgan fingerprint density at radius 1 is 1.25 bits per heavy atom.